The molecule has 0 saturated heterocycles. The molecule has 9 heteroatoms. The summed E-state index contributed by atoms with van der Waals surface area (Å²) in [5.74, 6) is -2.97. The number of aromatic nitrogens is 2. The molecule has 3 N–H and O–H groups in total. The van der Waals surface area contributed by atoms with Crippen molar-refractivity contribution in [2.45, 2.75) is 13.1 Å². The minimum atomic E-state index is -1.00. The summed E-state index contributed by atoms with van der Waals surface area (Å²) >= 11 is 0. The number of fused-ring (bicyclic) bond motifs is 10. The van der Waals surface area contributed by atoms with Crippen molar-refractivity contribution in [3.05, 3.63) is 58.7 Å². The summed E-state index contributed by atoms with van der Waals surface area (Å²) in [6.45, 7) is 2.06. The third kappa shape index (κ3) is 2.15. The summed E-state index contributed by atoms with van der Waals surface area (Å²) in [4.78, 5) is 29.0. The second-order valence-corrected chi connectivity index (χ2v) is 8.09. The van der Waals surface area contributed by atoms with Crippen LogP contribution in [0.2, 0.25) is 0 Å². The van der Waals surface area contributed by atoms with E-state index in [0.29, 0.717) is 45.8 Å². The zero-order chi connectivity index (χ0) is 21.0. The van der Waals surface area contributed by atoms with Crippen molar-refractivity contribution in [1.29, 1.82) is 0 Å². The van der Waals surface area contributed by atoms with Crippen molar-refractivity contribution in [3.63, 3.8) is 0 Å². The van der Waals surface area contributed by atoms with E-state index in [1.54, 1.807) is 0 Å². The number of benzene rings is 3. The van der Waals surface area contributed by atoms with E-state index < -0.39 is 23.4 Å². The molecule has 32 heavy (non-hydrogen) atoms. The fourth-order valence-corrected chi connectivity index (χ4v) is 5.34. The molecule has 3 aromatic carbocycles. The van der Waals surface area contributed by atoms with Gasteiger partial charge < -0.3 is 14.9 Å². The van der Waals surface area contributed by atoms with Crippen LogP contribution in [0.1, 0.15) is 26.3 Å². The van der Waals surface area contributed by atoms with E-state index in [4.69, 9.17) is 0 Å². The van der Waals surface area contributed by atoms with E-state index in [1.165, 1.54) is 0 Å². The van der Waals surface area contributed by atoms with Crippen LogP contribution in [0, 0.1) is 11.6 Å². The largest absolute Gasteiger partial charge is 0.353 e. The molecular formula is C23H15ClF2N4O2. The smallest absolute Gasteiger partial charge is 0.259 e. The number of hydrogen-bond acceptors (Lipinski definition) is 3. The van der Waals surface area contributed by atoms with E-state index in [1.807, 2.05) is 18.2 Å². The van der Waals surface area contributed by atoms with Crippen LogP contribution in [0.3, 0.4) is 0 Å². The number of rotatable bonds is 0. The van der Waals surface area contributed by atoms with Gasteiger partial charge in [-0.25, -0.2) is 8.78 Å². The molecule has 2 amide bonds. The van der Waals surface area contributed by atoms with Crippen molar-refractivity contribution < 1.29 is 18.4 Å². The number of carbonyl (C=O) groups excluding carboxylic acids is 2. The molecule has 0 aliphatic carbocycles. The van der Waals surface area contributed by atoms with Gasteiger partial charge in [-0.05, 0) is 11.6 Å². The molecule has 2 aliphatic rings. The van der Waals surface area contributed by atoms with Crippen LogP contribution in [0.5, 0.6) is 0 Å². The van der Waals surface area contributed by atoms with Gasteiger partial charge in [0.2, 0.25) is 0 Å². The first-order valence-corrected chi connectivity index (χ1v) is 10.0. The molecular weight excluding hydrogens is 438 g/mol. The van der Waals surface area contributed by atoms with Crippen molar-refractivity contribution in [2.75, 3.05) is 6.54 Å². The summed E-state index contributed by atoms with van der Waals surface area (Å²) in [7, 11) is 0. The van der Waals surface area contributed by atoms with Gasteiger partial charge in [0.1, 0.15) is 0 Å². The van der Waals surface area contributed by atoms with Gasteiger partial charge in [-0.15, -0.1) is 12.4 Å². The number of carbonyl (C=O) groups is 2. The predicted molar refractivity (Wildman–Crippen MR) is 119 cm³/mol. The number of halogens is 3. The Morgan fingerprint density at radius 2 is 1.66 bits per heavy atom. The van der Waals surface area contributed by atoms with E-state index in [0.717, 1.165) is 40.7 Å². The highest BCUT2D eigenvalue weighted by Crippen LogP contribution is 2.44. The first kappa shape index (κ1) is 19.2. The van der Waals surface area contributed by atoms with Crippen LogP contribution >= 0.6 is 12.4 Å². The normalized spacial score (nSPS) is 15.4. The number of para-hydroxylation sites is 1. The second-order valence-electron chi connectivity index (χ2n) is 8.09. The number of nitrogens with zero attached hydrogens (tertiary/aromatic N) is 1. The van der Waals surface area contributed by atoms with Gasteiger partial charge in [0, 0.05) is 52.8 Å². The molecule has 0 bridgehead atoms. The van der Waals surface area contributed by atoms with Gasteiger partial charge in [-0.3, -0.25) is 14.9 Å². The Morgan fingerprint density at radius 3 is 2.47 bits per heavy atom. The summed E-state index contributed by atoms with van der Waals surface area (Å²) in [5.41, 5.74) is 4.34. The average molecular weight is 453 g/mol. The Morgan fingerprint density at radius 1 is 0.906 bits per heavy atom. The zero-order valence-electron chi connectivity index (χ0n) is 16.4. The molecule has 0 spiro atoms. The van der Waals surface area contributed by atoms with Crippen LogP contribution in [-0.2, 0) is 13.1 Å². The topological polar surface area (TPSA) is 78.9 Å². The summed E-state index contributed by atoms with van der Waals surface area (Å²) in [6.07, 6.45) is 0. The molecule has 2 aliphatic heterocycles. The van der Waals surface area contributed by atoms with Gasteiger partial charge >= 0.3 is 0 Å². The fourth-order valence-electron chi connectivity index (χ4n) is 5.34. The number of nitrogens with one attached hydrogen (secondary N) is 3. The van der Waals surface area contributed by atoms with Crippen LogP contribution in [0.25, 0.3) is 43.6 Å². The quantitative estimate of drug-likeness (QED) is 0.309. The maximum Gasteiger partial charge on any atom is 0.259 e. The molecule has 2 aromatic heterocycles. The fraction of sp³-hybridized carbons (Fsp3) is 0.130. The minimum Gasteiger partial charge on any atom is -0.353 e. The summed E-state index contributed by atoms with van der Waals surface area (Å²) in [5, 5.41) is 8.19. The lowest BCUT2D eigenvalue weighted by atomic mass is 9.96. The number of imide groups is 1. The second kappa shape index (κ2) is 6.27. The summed E-state index contributed by atoms with van der Waals surface area (Å²) < 4.78 is 30.3. The lowest BCUT2D eigenvalue weighted by Crippen LogP contribution is -2.20. The Labute approximate surface area is 185 Å². The molecule has 0 radical (unpaired) electrons. The first-order chi connectivity index (χ1) is 15.0. The van der Waals surface area contributed by atoms with Gasteiger partial charge in [0.05, 0.1) is 27.7 Å². The highest BCUT2D eigenvalue weighted by molar-refractivity contribution is 6.39. The Balaban J connectivity index is 0.00000196. The monoisotopic (exact) mass is 452 g/mol. The highest BCUT2D eigenvalue weighted by atomic mass is 35.5. The van der Waals surface area contributed by atoms with Crippen LogP contribution in [-0.4, -0.2) is 27.9 Å². The molecule has 6 nitrogen and oxygen atoms in total. The Kier molecular flexibility index (Phi) is 3.77. The lowest BCUT2D eigenvalue weighted by molar-refractivity contribution is 0.0880. The van der Waals surface area contributed by atoms with Crippen LogP contribution in [0.4, 0.5) is 8.78 Å². The van der Waals surface area contributed by atoms with Crippen molar-refractivity contribution in [1.82, 2.24) is 20.2 Å². The lowest BCUT2D eigenvalue weighted by Gasteiger charge is -2.08. The van der Waals surface area contributed by atoms with Crippen LogP contribution in [0.15, 0.2) is 30.3 Å². The molecule has 0 fully saturated rings. The van der Waals surface area contributed by atoms with Crippen molar-refractivity contribution >= 4 is 67.8 Å². The molecule has 5 aromatic rings. The highest BCUT2D eigenvalue weighted by Gasteiger charge is 2.36. The minimum absolute atomic E-state index is 0. The number of H-pyrrole nitrogens is 1. The van der Waals surface area contributed by atoms with E-state index in [2.05, 4.69) is 20.2 Å². The standard InChI is InChI=1S/C23H14F2N4O2.ClH/c24-12-6-11-14(7-13(12)25)27-19-15(11)17-18(23(31)28-22(17)30)16-10-3-1-2-9-8-26-4-5-29(20(9)10)21(16)19;/h1-3,6-7,26-27H,4-5,8H2,(H,28,30,31);1H. The zero-order valence-corrected chi connectivity index (χ0v) is 17.3. The van der Waals surface area contributed by atoms with Crippen molar-refractivity contribution in [2.24, 2.45) is 0 Å². The Bertz CT molecular complexity index is 1680. The molecule has 0 unspecified atom stereocenters. The Hall–Kier alpha value is -3.49. The van der Waals surface area contributed by atoms with Crippen molar-refractivity contribution in [3.8, 4) is 0 Å². The summed E-state index contributed by atoms with van der Waals surface area (Å²) in [6, 6.07) is 8.11. The van der Waals surface area contributed by atoms with Gasteiger partial charge in [0.15, 0.2) is 11.6 Å². The molecule has 0 atom stereocenters. The van der Waals surface area contributed by atoms with Gasteiger partial charge in [-0.1, -0.05) is 18.2 Å². The molecule has 7 rings (SSSR count). The third-order valence-electron chi connectivity index (χ3n) is 6.50. The number of amides is 2. The SMILES string of the molecule is Cl.O=C1NC(=O)c2c1c1c3cc(F)c(F)cc3[nH]c1c1c2c2cccc3c2n1CCNC3. The van der Waals surface area contributed by atoms with Gasteiger partial charge in [-0.2, -0.15) is 0 Å². The molecule has 160 valence electrons. The predicted octanol–water partition coefficient (Wildman–Crippen LogP) is 4.12. The van der Waals surface area contributed by atoms with E-state index in [-0.39, 0.29) is 18.0 Å². The average Bonchev–Trinajstić information content (AvgIpc) is 3.28. The number of aromatic amines is 1. The van der Waals surface area contributed by atoms with Crippen LogP contribution < -0.4 is 10.6 Å². The maximum atomic E-state index is 14.2. The van der Waals surface area contributed by atoms with E-state index >= 15 is 0 Å². The van der Waals surface area contributed by atoms with E-state index in [9.17, 15) is 18.4 Å². The third-order valence-corrected chi connectivity index (χ3v) is 6.50. The first-order valence-electron chi connectivity index (χ1n) is 10.0. The molecule has 4 heterocycles. The molecule has 0 saturated carbocycles. The maximum absolute atomic E-state index is 14.2. The van der Waals surface area contributed by atoms with Gasteiger partial charge in [0.25, 0.3) is 11.8 Å². The number of hydrogen-bond donors (Lipinski definition) is 3.